The summed E-state index contributed by atoms with van der Waals surface area (Å²) in [5, 5.41) is 5.86. The molecule has 0 heterocycles. The van der Waals surface area contributed by atoms with E-state index in [9.17, 15) is 22.8 Å². The molecule has 0 aromatic heterocycles. The molecule has 0 radical (unpaired) electrons. The number of benzene rings is 3. The van der Waals surface area contributed by atoms with Gasteiger partial charge in [-0.1, -0.05) is 52.3 Å². The van der Waals surface area contributed by atoms with Gasteiger partial charge in [0, 0.05) is 15.7 Å². The van der Waals surface area contributed by atoms with Gasteiger partial charge in [-0.25, -0.2) is 5.43 Å². The van der Waals surface area contributed by atoms with Gasteiger partial charge < -0.3 is 10.1 Å². The topological polar surface area (TPSA) is 79.8 Å². The van der Waals surface area contributed by atoms with E-state index in [1.165, 1.54) is 12.3 Å². The second-order valence-corrected chi connectivity index (χ2v) is 7.60. The number of hydrogen-bond acceptors (Lipinski definition) is 4. The normalized spacial score (nSPS) is 11.3. The number of anilines is 1. The number of rotatable bonds is 6. The van der Waals surface area contributed by atoms with Crippen molar-refractivity contribution in [1.82, 2.24) is 5.43 Å². The molecule has 10 heteroatoms. The summed E-state index contributed by atoms with van der Waals surface area (Å²) in [4.78, 5) is 24.0. The lowest BCUT2D eigenvalue weighted by Crippen LogP contribution is -2.32. The monoisotopic (exact) mass is 519 g/mol. The maximum atomic E-state index is 12.8. The quantitative estimate of drug-likeness (QED) is 0.269. The molecule has 3 rings (SSSR count). The summed E-state index contributed by atoms with van der Waals surface area (Å²) >= 11 is 3.34. The minimum atomic E-state index is -4.57. The van der Waals surface area contributed by atoms with Gasteiger partial charge in [0.1, 0.15) is 12.4 Å². The Labute approximate surface area is 195 Å². The first-order valence-corrected chi connectivity index (χ1v) is 10.3. The van der Waals surface area contributed by atoms with E-state index < -0.39 is 23.6 Å². The molecule has 0 aliphatic rings. The van der Waals surface area contributed by atoms with Crippen LogP contribution in [-0.4, -0.2) is 18.0 Å². The van der Waals surface area contributed by atoms with Crippen LogP contribution in [0.25, 0.3) is 0 Å². The number of halogens is 4. The molecule has 0 atom stereocenters. The highest BCUT2D eigenvalue weighted by Gasteiger charge is 2.30. The molecule has 3 aromatic rings. The zero-order valence-electron chi connectivity index (χ0n) is 16.9. The van der Waals surface area contributed by atoms with Gasteiger partial charge in [-0.15, -0.1) is 0 Å². The fourth-order valence-electron chi connectivity index (χ4n) is 2.66. The number of carbonyl (C=O) groups is 2. The zero-order chi connectivity index (χ0) is 23.8. The van der Waals surface area contributed by atoms with Gasteiger partial charge in [0.2, 0.25) is 0 Å². The Morgan fingerprint density at radius 3 is 2.45 bits per heavy atom. The average Bonchev–Trinajstić information content (AvgIpc) is 2.78. The van der Waals surface area contributed by atoms with Crippen molar-refractivity contribution in [2.24, 2.45) is 5.10 Å². The molecule has 0 fully saturated rings. The maximum absolute atomic E-state index is 12.8. The molecule has 0 aliphatic carbocycles. The molecule has 3 aromatic carbocycles. The van der Waals surface area contributed by atoms with Gasteiger partial charge in [-0.2, -0.15) is 18.3 Å². The van der Waals surface area contributed by atoms with Crippen molar-refractivity contribution in [3.05, 3.63) is 94.0 Å². The summed E-state index contributed by atoms with van der Waals surface area (Å²) in [5.74, 6) is -1.82. The van der Waals surface area contributed by atoms with Crippen molar-refractivity contribution in [2.75, 3.05) is 5.32 Å². The average molecular weight is 520 g/mol. The molecule has 33 heavy (non-hydrogen) atoms. The Balaban J connectivity index is 1.61. The van der Waals surface area contributed by atoms with Crippen molar-refractivity contribution >= 4 is 39.6 Å². The number of alkyl halides is 3. The first kappa shape index (κ1) is 24.0. The molecule has 0 saturated carbocycles. The van der Waals surface area contributed by atoms with E-state index in [1.54, 1.807) is 18.2 Å². The van der Waals surface area contributed by atoms with E-state index >= 15 is 0 Å². The van der Waals surface area contributed by atoms with E-state index in [2.05, 4.69) is 26.3 Å². The number of hydrazone groups is 1. The molecule has 0 aliphatic heterocycles. The third kappa shape index (κ3) is 7.18. The van der Waals surface area contributed by atoms with Gasteiger partial charge in [-0.05, 0) is 42.0 Å². The van der Waals surface area contributed by atoms with Gasteiger partial charge in [0.05, 0.1) is 11.8 Å². The van der Waals surface area contributed by atoms with Gasteiger partial charge in [-0.3, -0.25) is 9.59 Å². The highest BCUT2D eigenvalue weighted by molar-refractivity contribution is 9.10. The van der Waals surface area contributed by atoms with E-state index in [0.29, 0.717) is 17.9 Å². The largest absolute Gasteiger partial charge is 0.488 e. The number of ether oxygens (including phenoxy) is 1. The lowest BCUT2D eigenvalue weighted by molar-refractivity contribution is -0.137. The number of nitrogens with zero attached hydrogens (tertiary/aromatic N) is 1. The lowest BCUT2D eigenvalue weighted by Gasteiger charge is -2.10. The van der Waals surface area contributed by atoms with Crippen LogP contribution in [0.5, 0.6) is 5.75 Å². The summed E-state index contributed by atoms with van der Waals surface area (Å²) in [6, 6.07) is 18.7. The fourth-order valence-corrected chi connectivity index (χ4v) is 3.04. The van der Waals surface area contributed by atoms with E-state index in [0.717, 1.165) is 28.2 Å². The van der Waals surface area contributed by atoms with Crippen molar-refractivity contribution in [3.63, 3.8) is 0 Å². The number of hydrogen-bond donors (Lipinski definition) is 2. The lowest BCUT2D eigenvalue weighted by atomic mass is 10.2. The van der Waals surface area contributed by atoms with Gasteiger partial charge in [0.25, 0.3) is 0 Å². The predicted molar refractivity (Wildman–Crippen MR) is 121 cm³/mol. The minimum absolute atomic E-state index is 0.169. The summed E-state index contributed by atoms with van der Waals surface area (Å²) < 4.78 is 44.9. The van der Waals surface area contributed by atoms with Crippen molar-refractivity contribution in [2.45, 2.75) is 12.8 Å². The van der Waals surface area contributed by atoms with Crippen molar-refractivity contribution in [1.29, 1.82) is 0 Å². The summed E-state index contributed by atoms with van der Waals surface area (Å²) in [7, 11) is 0. The third-order valence-electron chi connectivity index (χ3n) is 4.23. The van der Waals surface area contributed by atoms with E-state index in [-0.39, 0.29) is 5.69 Å². The Bertz CT molecular complexity index is 1170. The fraction of sp³-hybridized carbons (Fsp3) is 0.0870. The molecule has 170 valence electrons. The maximum Gasteiger partial charge on any atom is 0.416 e. The summed E-state index contributed by atoms with van der Waals surface area (Å²) in [5.41, 5.74) is 2.41. The SMILES string of the molecule is O=C(N/N=C\c1cc(Br)ccc1OCc1ccccc1)C(=O)Nc1cccc(C(F)(F)F)c1. The molecule has 0 unspecified atom stereocenters. The molecule has 0 spiro atoms. The molecular formula is C23H17BrF3N3O3. The number of nitrogens with one attached hydrogen (secondary N) is 2. The Morgan fingerprint density at radius 2 is 1.73 bits per heavy atom. The number of carbonyl (C=O) groups excluding carboxylic acids is 2. The van der Waals surface area contributed by atoms with Crippen LogP contribution in [-0.2, 0) is 22.4 Å². The van der Waals surface area contributed by atoms with Crippen LogP contribution in [0.1, 0.15) is 16.7 Å². The van der Waals surface area contributed by atoms with Crippen molar-refractivity contribution < 1.29 is 27.5 Å². The third-order valence-corrected chi connectivity index (χ3v) is 4.73. The molecule has 6 nitrogen and oxygen atoms in total. The smallest absolute Gasteiger partial charge is 0.416 e. The highest BCUT2D eigenvalue weighted by atomic mass is 79.9. The van der Waals surface area contributed by atoms with E-state index in [1.807, 2.05) is 35.8 Å². The second-order valence-electron chi connectivity index (χ2n) is 6.69. The Morgan fingerprint density at radius 1 is 0.970 bits per heavy atom. The van der Waals surface area contributed by atoms with Crippen LogP contribution >= 0.6 is 15.9 Å². The van der Waals surface area contributed by atoms with Crippen LogP contribution in [0.15, 0.2) is 82.4 Å². The highest BCUT2D eigenvalue weighted by Crippen LogP contribution is 2.30. The van der Waals surface area contributed by atoms with Crippen LogP contribution < -0.4 is 15.5 Å². The molecule has 2 N–H and O–H groups in total. The van der Waals surface area contributed by atoms with Crippen LogP contribution in [0.4, 0.5) is 18.9 Å². The first-order valence-electron chi connectivity index (χ1n) is 9.50. The van der Waals surface area contributed by atoms with Crippen LogP contribution in [0.3, 0.4) is 0 Å². The van der Waals surface area contributed by atoms with Crippen LogP contribution in [0.2, 0.25) is 0 Å². The molecule has 0 bridgehead atoms. The predicted octanol–water partition coefficient (Wildman–Crippen LogP) is 5.14. The number of amides is 2. The van der Waals surface area contributed by atoms with Crippen molar-refractivity contribution in [3.8, 4) is 5.75 Å². The van der Waals surface area contributed by atoms with E-state index in [4.69, 9.17) is 4.74 Å². The molecular weight excluding hydrogens is 503 g/mol. The summed E-state index contributed by atoms with van der Waals surface area (Å²) in [6.45, 7) is 0.315. The summed E-state index contributed by atoms with van der Waals surface area (Å²) in [6.07, 6.45) is -3.28. The standard InChI is InChI=1S/C23H17BrF3N3O3/c24-18-9-10-20(33-14-15-5-2-1-3-6-15)16(11-18)13-28-30-22(32)21(31)29-19-8-4-7-17(12-19)23(25,26)27/h1-13H,14H2,(H,29,31)(H,30,32)/b28-13-. The molecule has 2 amide bonds. The Hall–Kier alpha value is -3.66. The van der Waals surface area contributed by atoms with Gasteiger partial charge in [0.15, 0.2) is 0 Å². The Kier molecular flexibility index (Phi) is 7.83. The second kappa shape index (κ2) is 10.8. The minimum Gasteiger partial charge on any atom is -0.488 e. The molecule has 0 saturated heterocycles. The van der Waals surface area contributed by atoms with Crippen LogP contribution in [0, 0.1) is 0 Å². The zero-order valence-corrected chi connectivity index (χ0v) is 18.5. The first-order chi connectivity index (χ1) is 15.7. The van der Waals surface area contributed by atoms with Gasteiger partial charge >= 0.3 is 18.0 Å².